The van der Waals surface area contributed by atoms with Crippen molar-refractivity contribution in [2.75, 3.05) is 18.2 Å². The standard InChI is InChI=1S/C13H13FN2O/c1-17-13-7-10(15)6-12(8-13)16-11-4-2-3-9(14)5-11/h2-8,16H,15H2,1H3. The summed E-state index contributed by atoms with van der Waals surface area (Å²) in [6, 6.07) is 11.5. The van der Waals surface area contributed by atoms with Gasteiger partial charge in [-0.25, -0.2) is 4.39 Å². The molecule has 2 aromatic rings. The van der Waals surface area contributed by atoms with Gasteiger partial charge in [-0.05, 0) is 24.3 Å². The molecule has 3 nitrogen and oxygen atoms in total. The minimum absolute atomic E-state index is 0.286. The highest BCUT2D eigenvalue weighted by Gasteiger charge is 2.00. The lowest BCUT2D eigenvalue weighted by Crippen LogP contribution is -1.94. The fraction of sp³-hybridized carbons (Fsp3) is 0.0769. The van der Waals surface area contributed by atoms with Crippen LogP contribution in [0.5, 0.6) is 5.75 Å². The molecule has 2 rings (SSSR count). The number of rotatable bonds is 3. The van der Waals surface area contributed by atoms with E-state index in [0.717, 1.165) is 5.69 Å². The molecular formula is C13H13FN2O. The van der Waals surface area contributed by atoms with E-state index in [4.69, 9.17) is 10.5 Å². The molecule has 0 unspecified atom stereocenters. The van der Waals surface area contributed by atoms with E-state index in [2.05, 4.69) is 5.32 Å². The molecule has 0 bridgehead atoms. The Bertz CT molecular complexity index is 529. The topological polar surface area (TPSA) is 47.3 Å². The Balaban J connectivity index is 2.26. The first-order chi connectivity index (χ1) is 8.17. The maximum atomic E-state index is 13.0. The Morgan fingerprint density at radius 3 is 2.65 bits per heavy atom. The summed E-state index contributed by atoms with van der Waals surface area (Å²) in [7, 11) is 1.57. The van der Waals surface area contributed by atoms with E-state index in [1.54, 1.807) is 37.4 Å². The molecule has 88 valence electrons. The van der Waals surface area contributed by atoms with Crippen molar-refractivity contribution < 1.29 is 9.13 Å². The zero-order chi connectivity index (χ0) is 12.3. The molecule has 0 atom stereocenters. The molecule has 0 saturated heterocycles. The van der Waals surface area contributed by atoms with Gasteiger partial charge in [0.05, 0.1) is 7.11 Å². The zero-order valence-corrected chi connectivity index (χ0v) is 9.41. The first kappa shape index (κ1) is 11.3. The van der Waals surface area contributed by atoms with Crippen molar-refractivity contribution in [3.8, 4) is 5.75 Å². The highest BCUT2D eigenvalue weighted by Crippen LogP contribution is 2.25. The van der Waals surface area contributed by atoms with Gasteiger partial charge in [-0.3, -0.25) is 0 Å². The molecule has 0 aliphatic rings. The van der Waals surface area contributed by atoms with Crippen molar-refractivity contribution in [1.82, 2.24) is 0 Å². The molecule has 0 saturated carbocycles. The molecule has 0 amide bonds. The summed E-state index contributed by atoms with van der Waals surface area (Å²) in [5.41, 5.74) is 7.73. The maximum Gasteiger partial charge on any atom is 0.125 e. The van der Waals surface area contributed by atoms with Crippen molar-refractivity contribution in [3.05, 3.63) is 48.3 Å². The maximum absolute atomic E-state index is 13.0. The third-order valence-corrected chi connectivity index (χ3v) is 2.28. The first-order valence-corrected chi connectivity index (χ1v) is 5.14. The zero-order valence-electron chi connectivity index (χ0n) is 9.41. The van der Waals surface area contributed by atoms with Gasteiger partial charge in [0.1, 0.15) is 11.6 Å². The van der Waals surface area contributed by atoms with Gasteiger partial charge in [0.25, 0.3) is 0 Å². The van der Waals surface area contributed by atoms with Gasteiger partial charge in [-0.1, -0.05) is 6.07 Å². The first-order valence-electron chi connectivity index (χ1n) is 5.14. The Kier molecular flexibility index (Phi) is 3.14. The molecule has 17 heavy (non-hydrogen) atoms. The summed E-state index contributed by atoms with van der Waals surface area (Å²) in [5, 5.41) is 3.06. The quantitative estimate of drug-likeness (QED) is 0.799. The van der Waals surface area contributed by atoms with Crippen LogP contribution in [0.2, 0.25) is 0 Å². The number of methoxy groups -OCH3 is 1. The number of benzene rings is 2. The Labute approximate surface area is 99.0 Å². The van der Waals surface area contributed by atoms with Crippen LogP contribution in [0.15, 0.2) is 42.5 Å². The second-order valence-electron chi connectivity index (χ2n) is 3.63. The number of anilines is 3. The second-order valence-corrected chi connectivity index (χ2v) is 3.63. The van der Waals surface area contributed by atoms with E-state index in [0.29, 0.717) is 17.1 Å². The summed E-state index contributed by atoms with van der Waals surface area (Å²) >= 11 is 0. The lowest BCUT2D eigenvalue weighted by atomic mass is 10.2. The number of nitrogen functional groups attached to an aromatic ring is 1. The third-order valence-electron chi connectivity index (χ3n) is 2.28. The van der Waals surface area contributed by atoms with Gasteiger partial charge < -0.3 is 15.8 Å². The molecular weight excluding hydrogens is 219 g/mol. The molecule has 0 aliphatic heterocycles. The number of hydrogen-bond acceptors (Lipinski definition) is 3. The fourth-order valence-electron chi connectivity index (χ4n) is 1.55. The van der Waals surface area contributed by atoms with Gasteiger partial charge >= 0.3 is 0 Å². The lowest BCUT2D eigenvalue weighted by Gasteiger charge is -2.09. The fourth-order valence-corrected chi connectivity index (χ4v) is 1.55. The Morgan fingerprint density at radius 1 is 1.12 bits per heavy atom. The highest BCUT2D eigenvalue weighted by molar-refractivity contribution is 5.66. The monoisotopic (exact) mass is 232 g/mol. The molecule has 3 N–H and O–H groups in total. The van der Waals surface area contributed by atoms with Crippen LogP contribution in [0.4, 0.5) is 21.5 Å². The molecule has 0 heterocycles. The van der Waals surface area contributed by atoms with E-state index < -0.39 is 0 Å². The SMILES string of the molecule is COc1cc(N)cc(Nc2cccc(F)c2)c1. The highest BCUT2D eigenvalue weighted by atomic mass is 19.1. The molecule has 0 aliphatic carbocycles. The van der Waals surface area contributed by atoms with E-state index in [-0.39, 0.29) is 5.82 Å². The molecule has 4 heteroatoms. The minimum Gasteiger partial charge on any atom is -0.497 e. The van der Waals surface area contributed by atoms with Crippen LogP contribution in [0, 0.1) is 5.82 Å². The number of nitrogens with two attached hydrogens (primary N) is 1. The number of halogens is 1. The Hall–Kier alpha value is -2.23. The van der Waals surface area contributed by atoms with E-state index in [1.165, 1.54) is 12.1 Å². The molecule has 0 aromatic heterocycles. The van der Waals surface area contributed by atoms with Gasteiger partial charge in [0.2, 0.25) is 0 Å². The van der Waals surface area contributed by atoms with Gasteiger partial charge in [-0.2, -0.15) is 0 Å². The van der Waals surface area contributed by atoms with Crippen molar-refractivity contribution in [1.29, 1.82) is 0 Å². The number of nitrogens with one attached hydrogen (secondary N) is 1. The summed E-state index contributed by atoms with van der Waals surface area (Å²) in [6.45, 7) is 0. The summed E-state index contributed by atoms with van der Waals surface area (Å²) in [4.78, 5) is 0. The average molecular weight is 232 g/mol. The van der Waals surface area contributed by atoms with Crippen molar-refractivity contribution in [3.63, 3.8) is 0 Å². The van der Waals surface area contributed by atoms with Crippen LogP contribution < -0.4 is 15.8 Å². The van der Waals surface area contributed by atoms with E-state index >= 15 is 0 Å². The lowest BCUT2D eigenvalue weighted by molar-refractivity contribution is 0.415. The number of hydrogen-bond donors (Lipinski definition) is 2. The smallest absolute Gasteiger partial charge is 0.125 e. The molecule has 0 radical (unpaired) electrons. The van der Waals surface area contributed by atoms with Crippen LogP contribution in [0.25, 0.3) is 0 Å². The minimum atomic E-state index is -0.286. The van der Waals surface area contributed by atoms with Gasteiger partial charge in [0, 0.05) is 29.2 Å². The second kappa shape index (κ2) is 4.74. The largest absolute Gasteiger partial charge is 0.497 e. The normalized spacial score (nSPS) is 10.0. The predicted octanol–water partition coefficient (Wildman–Crippen LogP) is 3.16. The van der Waals surface area contributed by atoms with Crippen molar-refractivity contribution >= 4 is 17.1 Å². The van der Waals surface area contributed by atoms with Crippen LogP contribution in [-0.2, 0) is 0 Å². The summed E-state index contributed by atoms with van der Waals surface area (Å²) < 4.78 is 18.1. The third kappa shape index (κ3) is 2.87. The van der Waals surface area contributed by atoms with Crippen LogP contribution in [0.1, 0.15) is 0 Å². The Morgan fingerprint density at radius 2 is 1.94 bits per heavy atom. The van der Waals surface area contributed by atoms with Crippen molar-refractivity contribution in [2.45, 2.75) is 0 Å². The number of ether oxygens (including phenoxy) is 1. The average Bonchev–Trinajstić information content (AvgIpc) is 2.28. The van der Waals surface area contributed by atoms with Crippen LogP contribution >= 0.6 is 0 Å². The van der Waals surface area contributed by atoms with E-state index in [9.17, 15) is 4.39 Å². The van der Waals surface area contributed by atoms with Crippen LogP contribution in [0.3, 0.4) is 0 Å². The predicted molar refractivity (Wildman–Crippen MR) is 67.1 cm³/mol. The summed E-state index contributed by atoms with van der Waals surface area (Å²) in [6.07, 6.45) is 0. The van der Waals surface area contributed by atoms with Gasteiger partial charge in [-0.15, -0.1) is 0 Å². The summed E-state index contributed by atoms with van der Waals surface area (Å²) in [5.74, 6) is 0.370. The van der Waals surface area contributed by atoms with Crippen molar-refractivity contribution in [2.24, 2.45) is 0 Å². The van der Waals surface area contributed by atoms with Crippen LogP contribution in [-0.4, -0.2) is 7.11 Å². The molecule has 0 spiro atoms. The van der Waals surface area contributed by atoms with Gasteiger partial charge in [0.15, 0.2) is 0 Å². The molecule has 2 aromatic carbocycles. The molecule has 0 fully saturated rings. The van der Waals surface area contributed by atoms with E-state index in [1.807, 2.05) is 0 Å².